The standard InChI is InChI=1S/C16H26BrN/c1-4-13(5-2)9-15(12-18-3)10-14-7-6-8-16(17)11-14/h6-8,11,13,15,18H,4-5,9-10,12H2,1-3H3. The lowest BCUT2D eigenvalue weighted by molar-refractivity contribution is 0.344. The summed E-state index contributed by atoms with van der Waals surface area (Å²) in [5.41, 5.74) is 1.44. The molecule has 18 heavy (non-hydrogen) atoms. The van der Waals surface area contributed by atoms with Crippen LogP contribution in [0.25, 0.3) is 0 Å². The van der Waals surface area contributed by atoms with Crippen molar-refractivity contribution in [2.24, 2.45) is 11.8 Å². The maximum atomic E-state index is 3.55. The summed E-state index contributed by atoms with van der Waals surface area (Å²) in [4.78, 5) is 0. The molecule has 1 aromatic rings. The molecule has 0 spiro atoms. The third-order valence-corrected chi connectivity index (χ3v) is 4.22. The van der Waals surface area contributed by atoms with E-state index in [1.54, 1.807) is 0 Å². The van der Waals surface area contributed by atoms with Gasteiger partial charge in [-0.15, -0.1) is 0 Å². The lowest BCUT2D eigenvalue weighted by atomic mass is 9.87. The SMILES string of the molecule is CCC(CC)CC(CNC)Cc1cccc(Br)c1. The second-order valence-electron chi connectivity index (χ2n) is 5.18. The quantitative estimate of drug-likeness (QED) is 0.736. The van der Waals surface area contributed by atoms with Crippen molar-refractivity contribution in [2.75, 3.05) is 13.6 Å². The summed E-state index contributed by atoms with van der Waals surface area (Å²) in [6.07, 6.45) is 5.11. The summed E-state index contributed by atoms with van der Waals surface area (Å²) in [6.45, 7) is 5.73. The first-order valence-corrected chi connectivity index (χ1v) is 7.87. The highest BCUT2D eigenvalue weighted by Crippen LogP contribution is 2.23. The highest BCUT2D eigenvalue weighted by atomic mass is 79.9. The third-order valence-electron chi connectivity index (χ3n) is 3.73. The Balaban J connectivity index is 2.61. The third kappa shape index (κ3) is 5.53. The molecular formula is C16H26BrN. The Hall–Kier alpha value is -0.340. The fourth-order valence-corrected chi connectivity index (χ4v) is 3.06. The van der Waals surface area contributed by atoms with Gasteiger partial charge >= 0.3 is 0 Å². The number of benzene rings is 1. The first-order valence-electron chi connectivity index (χ1n) is 7.08. The van der Waals surface area contributed by atoms with Crippen LogP contribution in [0.3, 0.4) is 0 Å². The van der Waals surface area contributed by atoms with Gasteiger partial charge in [-0.1, -0.05) is 54.8 Å². The van der Waals surface area contributed by atoms with E-state index in [4.69, 9.17) is 0 Å². The van der Waals surface area contributed by atoms with Gasteiger partial charge in [-0.05, 0) is 56.0 Å². The van der Waals surface area contributed by atoms with Crippen molar-refractivity contribution in [1.82, 2.24) is 5.32 Å². The highest BCUT2D eigenvalue weighted by Gasteiger charge is 2.14. The topological polar surface area (TPSA) is 12.0 Å². The second-order valence-corrected chi connectivity index (χ2v) is 6.09. The Morgan fingerprint density at radius 3 is 2.44 bits per heavy atom. The monoisotopic (exact) mass is 311 g/mol. The van der Waals surface area contributed by atoms with E-state index in [1.807, 2.05) is 0 Å². The van der Waals surface area contributed by atoms with Crippen LogP contribution in [-0.2, 0) is 6.42 Å². The van der Waals surface area contributed by atoms with Crippen molar-refractivity contribution in [1.29, 1.82) is 0 Å². The predicted octanol–water partition coefficient (Wildman–Crippen LogP) is 4.65. The van der Waals surface area contributed by atoms with Crippen LogP contribution < -0.4 is 5.32 Å². The maximum Gasteiger partial charge on any atom is 0.0177 e. The van der Waals surface area contributed by atoms with Crippen molar-refractivity contribution >= 4 is 15.9 Å². The van der Waals surface area contributed by atoms with E-state index in [9.17, 15) is 0 Å². The largest absolute Gasteiger partial charge is 0.319 e. The molecule has 0 amide bonds. The van der Waals surface area contributed by atoms with Gasteiger partial charge in [0.2, 0.25) is 0 Å². The first-order chi connectivity index (χ1) is 8.69. The zero-order chi connectivity index (χ0) is 13.4. The minimum atomic E-state index is 0.745. The molecule has 0 fully saturated rings. The molecule has 1 unspecified atom stereocenters. The summed E-state index contributed by atoms with van der Waals surface area (Å²) in [7, 11) is 2.06. The van der Waals surface area contributed by atoms with Gasteiger partial charge in [-0.25, -0.2) is 0 Å². The van der Waals surface area contributed by atoms with Crippen molar-refractivity contribution in [3.63, 3.8) is 0 Å². The van der Waals surface area contributed by atoms with E-state index in [0.717, 1.165) is 18.4 Å². The van der Waals surface area contributed by atoms with Crippen LogP contribution in [0.2, 0.25) is 0 Å². The van der Waals surface area contributed by atoms with Crippen LogP contribution in [0.15, 0.2) is 28.7 Å². The smallest absolute Gasteiger partial charge is 0.0177 e. The van der Waals surface area contributed by atoms with E-state index < -0.39 is 0 Å². The number of hydrogen-bond acceptors (Lipinski definition) is 1. The Morgan fingerprint density at radius 1 is 1.17 bits per heavy atom. The molecule has 1 aromatic carbocycles. The second kappa shape index (κ2) is 8.71. The Morgan fingerprint density at radius 2 is 1.89 bits per heavy atom. The van der Waals surface area contributed by atoms with Gasteiger partial charge < -0.3 is 5.32 Å². The van der Waals surface area contributed by atoms with Gasteiger partial charge in [0.05, 0.1) is 0 Å². The van der Waals surface area contributed by atoms with E-state index >= 15 is 0 Å². The number of hydrogen-bond donors (Lipinski definition) is 1. The molecule has 2 heteroatoms. The zero-order valence-electron chi connectivity index (χ0n) is 11.9. The molecule has 1 rings (SSSR count). The molecule has 0 aliphatic rings. The van der Waals surface area contributed by atoms with E-state index in [0.29, 0.717) is 0 Å². The first kappa shape index (κ1) is 15.7. The van der Waals surface area contributed by atoms with Gasteiger partial charge in [0.25, 0.3) is 0 Å². The maximum absolute atomic E-state index is 3.55. The molecule has 102 valence electrons. The fourth-order valence-electron chi connectivity index (χ4n) is 2.62. The summed E-state index contributed by atoms with van der Waals surface area (Å²) < 4.78 is 1.19. The molecule has 0 saturated heterocycles. The molecule has 1 N–H and O–H groups in total. The van der Waals surface area contributed by atoms with Crippen molar-refractivity contribution in [3.05, 3.63) is 34.3 Å². The number of rotatable bonds is 8. The van der Waals surface area contributed by atoms with Crippen LogP contribution in [0, 0.1) is 11.8 Å². The molecule has 0 bridgehead atoms. The van der Waals surface area contributed by atoms with E-state index in [-0.39, 0.29) is 0 Å². The van der Waals surface area contributed by atoms with E-state index in [2.05, 4.69) is 66.4 Å². The Kier molecular flexibility index (Phi) is 7.60. The molecule has 0 saturated carbocycles. The summed E-state index contributed by atoms with van der Waals surface area (Å²) in [5.74, 6) is 1.62. The van der Waals surface area contributed by atoms with E-state index in [1.165, 1.54) is 35.7 Å². The summed E-state index contributed by atoms with van der Waals surface area (Å²) in [5, 5.41) is 3.34. The van der Waals surface area contributed by atoms with Crippen LogP contribution in [-0.4, -0.2) is 13.6 Å². The van der Waals surface area contributed by atoms with Crippen LogP contribution >= 0.6 is 15.9 Å². The molecule has 0 heterocycles. The lowest BCUT2D eigenvalue weighted by Gasteiger charge is -2.22. The van der Waals surface area contributed by atoms with Crippen LogP contribution in [0.5, 0.6) is 0 Å². The fraction of sp³-hybridized carbons (Fsp3) is 0.625. The van der Waals surface area contributed by atoms with Crippen molar-refractivity contribution in [2.45, 2.75) is 39.5 Å². The molecule has 1 nitrogen and oxygen atoms in total. The number of halogens is 1. The normalized spacial score (nSPS) is 12.9. The van der Waals surface area contributed by atoms with Gasteiger partial charge in [0.1, 0.15) is 0 Å². The number of nitrogens with one attached hydrogen (secondary N) is 1. The van der Waals surface area contributed by atoms with Gasteiger partial charge in [-0.3, -0.25) is 0 Å². The summed E-state index contributed by atoms with van der Waals surface area (Å²) in [6, 6.07) is 8.71. The van der Waals surface area contributed by atoms with Gasteiger partial charge in [0, 0.05) is 4.47 Å². The minimum Gasteiger partial charge on any atom is -0.319 e. The average Bonchev–Trinajstić information content (AvgIpc) is 2.36. The lowest BCUT2D eigenvalue weighted by Crippen LogP contribution is -2.23. The highest BCUT2D eigenvalue weighted by molar-refractivity contribution is 9.10. The van der Waals surface area contributed by atoms with Gasteiger partial charge in [-0.2, -0.15) is 0 Å². The van der Waals surface area contributed by atoms with Gasteiger partial charge in [0.15, 0.2) is 0 Å². The molecular weight excluding hydrogens is 286 g/mol. The Labute approximate surface area is 120 Å². The minimum absolute atomic E-state index is 0.745. The Bertz CT molecular complexity index is 334. The van der Waals surface area contributed by atoms with Crippen LogP contribution in [0.1, 0.15) is 38.7 Å². The van der Waals surface area contributed by atoms with Crippen LogP contribution in [0.4, 0.5) is 0 Å². The summed E-state index contributed by atoms with van der Waals surface area (Å²) >= 11 is 3.55. The average molecular weight is 312 g/mol. The molecule has 0 aliphatic carbocycles. The predicted molar refractivity (Wildman–Crippen MR) is 84.0 cm³/mol. The van der Waals surface area contributed by atoms with Crippen molar-refractivity contribution in [3.8, 4) is 0 Å². The molecule has 1 atom stereocenters. The van der Waals surface area contributed by atoms with Crippen molar-refractivity contribution < 1.29 is 0 Å². The molecule has 0 aliphatic heterocycles. The molecule has 0 aromatic heterocycles. The molecule has 0 radical (unpaired) electrons. The zero-order valence-corrected chi connectivity index (χ0v) is 13.5.